The summed E-state index contributed by atoms with van der Waals surface area (Å²) in [5, 5.41) is 12.6. The molecule has 4 nitrogen and oxygen atoms in total. The Balaban J connectivity index is 1.99. The van der Waals surface area contributed by atoms with E-state index in [1.54, 1.807) is 11.3 Å². The molecule has 0 radical (unpaired) electrons. The van der Waals surface area contributed by atoms with Crippen molar-refractivity contribution in [3.63, 3.8) is 0 Å². The maximum atomic E-state index is 4.16. The number of likely N-dealkylation sites (N-methyl/N-ethyl adjacent to an activating group) is 1. The number of anilines is 1. The molecule has 2 rings (SSSR count). The quantitative estimate of drug-likeness (QED) is 0.845. The van der Waals surface area contributed by atoms with Crippen LogP contribution in [0, 0.1) is 0 Å². The molecule has 0 aliphatic carbocycles. The molecule has 2 heterocycles. The second-order valence-electron chi connectivity index (χ2n) is 3.87. The molecule has 1 aliphatic rings. The highest BCUT2D eigenvalue weighted by Crippen LogP contribution is 2.25. The van der Waals surface area contributed by atoms with Crippen LogP contribution in [0.2, 0.25) is 0 Å². The first-order valence-electron chi connectivity index (χ1n) is 5.65. The fourth-order valence-corrected chi connectivity index (χ4v) is 2.73. The van der Waals surface area contributed by atoms with Crippen molar-refractivity contribution < 1.29 is 0 Å². The number of nitrogens with one attached hydrogen (secondary N) is 1. The SMILES string of the molecule is CCNCC1CCCCN1c1nncs1. The molecule has 15 heavy (non-hydrogen) atoms. The zero-order valence-electron chi connectivity index (χ0n) is 9.15. The van der Waals surface area contributed by atoms with Crippen molar-refractivity contribution >= 4 is 16.5 Å². The number of nitrogens with zero attached hydrogens (tertiary/aromatic N) is 3. The topological polar surface area (TPSA) is 41.0 Å². The molecular formula is C10H18N4S. The number of hydrogen-bond acceptors (Lipinski definition) is 5. The van der Waals surface area contributed by atoms with Gasteiger partial charge in [-0.25, -0.2) is 0 Å². The molecule has 1 N–H and O–H groups in total. The van der Waals surface area contributed by atoms with Gasteiger partial charge in [0.2, 0.25) is 5.13 Å². The van der Waals surface area contributed by atoms with Crippen LogP contribution in [0.25, 0.3) is 0 Å². The minimum absolute atomic E-state index is 0.603. The maximum absolute atomic E-state index is 4.16. The summed E-state index contributed by atoms with van der Waals surface area (Å²) in [6.45, 7) is 5.39. The lowest BCUT2D eigenvalue weighted by atomic mass is 10.0. The van der Waals surface area contributed by atoms with E-state index in [9.17, 15) is 0 Å². The van der Waals surface area contributed by atoms with Crippen molar-refractivity contribution in [2.24, 2.45) is 0 Å². The number of aromatic nitrogens is 2. The summed E-state index contributed by atoms with van der Waals surface area (Å²) in [5.74, 6) is 0. The van der Waals surface area contributed by atoms with E-state index in [1.165, 1.54) is 19.3 Å². The highest BCUT2D eigenvalue weighted by molar-refractivity contribution is 7.13. The molecule has 5 heteroatoms. The van der Waals surface area contributed by atoms with E-state index >= 15 is 0 Å². The molecule has 0 saturated carbocycles. The molecule has 1 unspecified atom stereocenters. The fraction of sp³-hybridized carbons (Fsp3) is 0.800. The lowest BCUT2D eigenvalue weighted by molar-refractivity contribution is 0.438. The molecule has 84 valence electrons. The van der Waals surface area contributed by atoms with E-state index in [1.807, 2.05) is 5.51 Å². The zero-order valence-corrected chi connectivity index (χ0v) is 9.96. The van der Waals surface area contributed by atoms with Crippen LogP contribution >= 0.6 is 11.3 Å². The van der Waals surface area contributed by atoms with Crippen molar-refractivity contribution in [3.8, 4) is 0 Å². The fourth-order valence-electron chi connectivity index (χ4n) is 2.07. The Morgan fingerprint density at radius 1 is 1.60 bits per heavy atom. The highest BCUT2D eigenvalue weighted by Gasteiger charge is 2.23. The number of piperidine rings is 1. The lowest BCUT2D eigenvalue weighted by Gasteiger charge is -2.35. The average Bonchev–Trinajstić information content (AvgIpc) is 2.80. The Bertz CT molecular complexity index is 275. The molecule has 1 aliphatic heterocycles. The summed E-state index contributed by atoms with van der Waals surface area (Å²) < 4.78 is 0. The van der Waals surface area contributed by atoms with E-state index in [2.05, 4.69) is 27.3 Å². The minimum Gasteiger partial charge on any atom is -0.342 e. The second kappa shape index (κ2) is 5.42. The van der Waals surface area contributed by atoms with Crippen LogP contribution < -0.4 is 10.2 Å². The van der Waals surface area contributed by atoms with Crippen LogP contribution in [0.15, 0.2) is 5.51 Å². The van der Waals surface area contributed by atoms with E-state index < -0.39 is 0 Å². The molecule has 1 saturated heterocycles. The summed E-state index contributed by atoms with van der Waals surface area (Å²) in [7, 11) is 0. The molecule has 0 spiro atoms. The van der Waals surface area contributed by atoms with Gasteiger partial charge in [0.15, 0.2) is 0 Å². The minimum atomic E-state index is 0.603. The van der Waals surface area contributed by atoms with E-state index in [4.69, 9.17) is 0 Å². The molecule has 1 fully saturated rings. The van der Waals surface area contributed by atoms with Crippen LogP contribution in [-0.4, -0.2) is 35.9 Å². The highest BCUT2D eigenvalue weighted by atomic mass is 32.1. The van der Waals surface area contributed by atoms with Crippen LogP contribution in [0.1, 0.15) is 26.2 Å². The van der Waals surface area contributed by atoms with Crippen LogP contribution in [0.5, 0.6) is 0 Å². The van der Waals surface area contributed by atoms with Gasteiger partial charge in [-0.2, -0.15) is 0 Å². The standard InChI is InChI=1S/C10H18N4S/c1-2-11-7-9-5-3-4-6-14(9)10-13-12-8-15-10/h8-9,11H,2-7H2,1H3. The van der Waals surface area contributed by atoms with Crippen LogP contribution in [-0.2, 0) is 0 Å². The number of rotatable bonds is 4. The van der Waals surface area contributed by atoms with Gasteiger partial charge in [0.1, 0.15) is 5.51 Å². The van der Waals surface area contributed by atoms with Crippen molar-refractivity contribution in [2.45, 2.75) is 32.2 Å². The van der Waals surface area contributed by atoms with Gasteiger partial charge in [-0.3, -0.25) is 0 Å². The second-order valence-corrected chi connectivity index (χ2v) is 4.68. The first-order valence-corrected chi connectivity index (χ1v) is 6.53. The largest absolute Gasteiger partial charge is 0.342 e. The maximum Gasteiger partial charge on any atom is 0.208 e. The van der Waals surface area contributed by atoms with Gasteiger partial charge in [-0.05, 0) is 25.8 Å². The molecule has 0 aromatic carbocycles. The Kier molecular flexibility index (Phi) is 3.91. The summed E-state index contributed by atoms with van der Waals surface area (Å²) >= 11 is 1.64. The molecule has 0 amide bonds. The Labute approximate surface area is 94.7 Å². The van der Waals surface area contributed by atoms with Gasteiger partial charge in [0.25, 0.3) is 0 Å². The zero-order chi connectivity index (χ0) is 10.5. The van der Waals surface area contributed by atoms with Crippen molar-refractivity contribution in [1.82, 2.24) is 15.5 Å². The summed E-state index contributed by atoms with van der Waals surface area (Å²) in [6.07, 6.45) is 3.89. The predicted molar refractivity (Wildman–Crippen MR) is 63.4 cm³/mol. The van der Waals surface area contributed by atoms with E-state index in [0.29, 0.717) is 6.04 Å². The normalized spacial score (nSPS) is 21.9. The number of hydrogen-bond donors (Lipinski definition) is 1. The Hall–Kier alpha value is -0.680. The van der Waals surface area contributed by atoms with Crippen molar-refractivity contribution in [3.05, 3.63) is 5.51 Å². The first-order chi connectivity index (χ1) is 7.42. The van der Waals surface area contributed by atoms with Crippen LogP contribution in [0.4, 0.5) is 5.13 Å². The Morgan fingerprint density at radius 3 is 3.27 bits per heavy atom. The summed E-state index contributed by atoms with van der Waals surface area (Å²) in [5.41, 5.74) is 1.81. The van der Waals surface area contributed by atoms with Gasteiger partial charge in [-0.15, -0.1) is 10.2 Å². The van der Waals surface area contributed by atoms with Crippen LogP contribution in [0.3, 0.4) is 0 Å². The smallest absolute Gasteiger partial charge is 0.208 e. The summed E-state index contributed by atoms with van der Waals surface area (Å²) in [6, 6.07) is 0.603. The van der Waals surface area contributed by atoms with Crippen molar-refractivity contribution in [1.29, 1.82) is 0 Å². The first kappa shape index (κ1) is 10.8. The van der Waals surface area contributed by atoms with E-state index in [0.717, 1.165) is 24.8 Å². The monoisotopic (exact) mass is 226 g/mol. The summed E-state index contributed by atoms with van der Waals surface area (Å²) in [4.78, 5) is 2.41. The molecule has 1 atom stereocenters. The average molecular weight is 226 g/mol. The predicted octanol–water partition coefficient (Wildman–Crippen LogP) is 1.51. The third-order valence-corrected chi connectivity index (χ3v) is 3.58. The Morgan fingerprint density at radius 2 is 2.53 bits per heavy atom. The molecule has 1 aromatic heterocycles. The molecule has 0 bridgehead atoms. The molecular weight excluding hydrogens is 208 g/mol. The third-order valence-electron chi connectivity index (χ3n) is 2.85. The van der Waals surface area contributed by atoms with E-state index in [-0.39, 0.29) is 0 Å². The van der Waals surface area contributed by atoms with Gasteiger partial charge in [-0.1, -0.05) is 18.3 Å². The van der Waals surface area contributed by atoms with Gasteiger partial charge >= 0.3 is 0 Å². The third kappa shape index (κ3) is 2.66. The van der Waals surface area contributed by atoms with Gasteiger partial charge in [0.05, 0.1) is 0 Å². The molecule has 1 aromatic rings. The van der Waals surface area contributed by atoms with Gasteiger partial charge in [0, 0.05) is 19.1 Å². The lowest BCUT2D eigenvalue weighted by Crippen LogP contribution is -2.45. The van der Waals surface area contributed by atoms with Gasteiger partial charge < -0.3 is 10.2 Å². The van der Waals surface area contributed by atoms with Crippen molar-refractivity contribution in [2.75, 3.05) is 24.5 Å².